The number of fused-ring (bicyclic) bond motifs is 1. The molecule has 0 unspecified atom stereocenters. The minimum atomic E-state index is -0.455. The summed E-state index contributed by atoms with van der Waals surface area (Å²) >= 11 is 0. The van der Waals surface area contributed by atoms with Gasteiger partial charge in [-0.1, -0.05) is 6.92 Å². The first kappa shape index (κ1) is 9.45. The number of hydrogen-bond donors (Lipinski definition) is 1. The van der Waals surface area contributed by atoms with E-state index in [1.807, 2.05) is 6.92 Å². The van der Waals surface area contributed by atoms with Crippen molar-refractivity contribution in [3.8, 4) is 0 Å². The van der Waals surface area contributed by atoms with Crippen LogP contribution in [0.1, 0.15) is 12.5 Å². The molecule has 1 aromatic heterocycles. The van der Waals surface area contributed by atoms with Crippen molar-refractivity contribution >= 4 is 22.8 Å². The van der Waals surface area contributed by atoms with Crippen molar-refractivity contribution < 1.29 is 9.34 Å². The van der Waals surface area contributed by atoms with Crippen LogP contribution in [-0.2, 0) is 6.42 Å². The van der Waals surface area contributed by atoms with Crippen LogP contribution < -0.4 is 5.73 Å². The van der Waals surface area contributed by atoms with Crippen molar-refractivity contribution in [2.75, 3.05) is 5.73 Å². The summed E-state index contributed by atoms with van der Waals surface area (Å²) in [6.07, 6.45) is 0.632. The van der Waals surface area contributed by atoms with Crippen molar-refractivity contribution in [2.24, 2.45) is 0 Å². The Morgan fingerprint density at radius 2 is 2.33 bits per heavy atom. The molecule has 2 rings (SSSR count). The summed E-state index contributed by atoms with van der Waals surface area (Å²) in [5, 5.41) is 10.6. The van der Waals surface area contributed by atoms with Gasteiger partial charge in [-0.15, -0.1) is 0 Å². The molecule has 1 heterocycles. The molecule has 0 aliphatic heterocycles. The van der Waals surface area contributed by atoms with Gasteiger partial charge in [0.05, 0.1) is 4.92 Å². The first-order valence-corrected chi connectivity index (χ1v) is 4.45. The number of nitrogen functional groups attached to an aromatic ring is 1. The molecule has 1 aromatic carbocycles. The van der Waals surface area contributed by atoms with E-state index in [0.29, 0.717) is 17.5 Å². The molecule has 0 fully saturated rings. The maximum atomic E-state index is 10.6. The van der Waals surface area contributed by atoms with Gasteiger partial charge in [0.2, 0.25) is 0 Å². The summed E-state index contributed by atoms with van der Waals surface area (Å²) in [5.74, 6) is 0. The van der Waals surface area contributed by atoms with E-state index >= 15 is 0 Å². The number of aromatic nitrogens is 1. The van der Waals surface area contributed by atoms with Crippen molar-refractivity contribution in [1.82, 2.24) is 4.98 Å². The molecule has 0 aliphatic rings. The summed E-state index contributed by atoms with van der Waals surface area (Å²) < 4.78 is 5.17. The van der Waals surface area contributed by atoms with E-state index in [-0.39, 0.29) is 11.7 Å². The quantitative estimate of drug-likeness (QED) is 0.599. The highest BCUT2D eigenvalue weighted by atomic mass is 16.6. The predicted molar refractivity (Wildman–Crippen MR) is 54.5 cm³/mol. The Balaban J connectivity index is 2.76. The number of anilines is 1. The van der Waals surface area contributed by atoms with Gasteiger partial charge in [-0.25, -0.2) is 0 Å². The molecular formula is C9H9N3O3. The predicted octanol–water partition coefficient (Wildman–Crippen LogP) is 1.88. The number of nitrogens with two attached hydrogens (primary N) is 1. The summed E-state index contributed by atoms with van der Waals surface area (Å²) in [4.78, 5) is 14.1. The molecule has 0 saturated carbocycles. The third kappa shape index (κ3) is 1.50. The summed E-state index contributed by atoms with van der Waals surface area (Å²) in [7, 11) is 0. The van der Waals surface area contributed by atoms with E-state index in [1.54, 1.807) is 0 Å². The molecule has 6 nitrogen and oxygen atoms in total. The molecule has 0 aliphatic carbocycles. The largest absolute Gasteiger partial charge is 0.423 e. The lowest BCUT2D eigenvalue weighted by Crippen LogP contribution is -1.90. The monoisotopic (exact) mass is 207 g/mol. The number of oxazole rings is 1. The van der Waals surface area contributed by atoms with Gasteiger partial charge in [0.25, 0.3) is 11.7 Å². The summed E-state index contributed by atoms with van der Waals surface area (Å²) in [6.45, 7) is 1.89. The molecule has 0 radical (unpaired) electrons. The van der Waals surface area contributed by atoms with E-state index in [2.05, 4.69) is 4.98 Å². The maximum absolute atomic E-state index is 10.6. The molecular weight excluding hydrogens is 198 g/mol. The number of hydrogen-bond acceptors (Lipinski definition) is 5. The average molecular weight is 207 g/mol. The Labute approximate surface area is 84.8 Å². The second-order valence-electron chi connectivity index (χ2n) is 3.12. The summed E-state index contributed by atoms with van der Waals surface area (Å²) in [6, 6.07) is 2.86. The van der Waals surface area contributed by atoms with Crippen LogP contribution in [0.2, 0.25) is 0 Å². The standard InChI is InChI=1S/C9H9N3O3/c1-2-5-3-6(12(13)14)4-7-8(5)15-9(10)11-7/h3-4H,2H2,1H3,(H2,10,11). The van der Waals surface area contributed by atoms with Crippen LogP contribution in [0.25, 0.3) is 11.1 Å². The molecule has 6 heteroatoms. The van der Waals surface area contributed by atoms with Crippen molar-refractivity contribution in [3.63, 3.8) is 0 Å². The van der Waals surface area contributed by atoms with E-state index in [1.165, 1.54) is 12.1 Å². The molecule has 0 bridgehead atoms. The first-order chi connectivity index (χ1) is 7.11. The van der Waals surface area contributed by atoms with E-state index in [4.69, 9.17) is 10.2 Å². The van der Waals surface area contributed by atoms with Crippen LogP contribution in [0.15, 0.2) is 16.5 Å². The number of non-ortho nitro benzene ring substituents is 1. The topological polar surface area (TPSA) is 95.2 Å². The van der Waals surface area contributed by atoms with Crippen molar-refractivity contribution in [2.45, 2.75) is 13.3 Å². The lowest BCUT2D eigenvalue weighted by molar-refractivity contribution is -0.384. The van der Waals surface area contributed by atoms with Gasteiger partial charge in [-0.05, 0) is 6.42 Å². The molecule has 0 saturated heterocycles. The zero-order valence-corrected chi connectivity index (χ0v) is 8.06. The van der Waals surface area contributed by atoms with Gasteiger partial charge < -0.3 is 10.2 Å². The van der Waals surface area contributed by atoms with Crippen LogP contribution in [0.3, 0.4) is 0 Å². The molecule has 2 aromatic rings. The number of rotatable bonds is 2. The number of aryl methyl sites for hydroxylation is 1. The Morgan fingerprint density at radius 3 is 2.93 bits per heavy atom. The molecule has 0 amide bonds. The lowest BCUT2D eigenvalue weighted by atomic mass is 10.1. The minimum absolute atomic E-state index is 0.00708. The average Bonchev–Trinajstić information content (AvgIpc) is 2.56. The van der Waals surface area contributed by atoms with Gasteiger partial charge in [-0.2, -0.15) is 4.98 Å². The number of benzene rings is 1. The zero-order valence-electron chi connectivity index (χ0n) is 8.06. The van der Waals surface area contributed by atoms with Gasteiger partial charge in [0.1, 0.15) is 5.52 Å². The lowest BCUT2D eigenvalue weighted by Gasteiger charge is -1.97. The van der Waals surface area contributed by atoms with Crippen LogP contribution in [0.4, 0.5) is 11.7 Å². The smallest absolute Gasteiger partial charge is 0.293 e. The van der Waals surface area contributed by atoms with Gasteiger partial charge in [0, 0.05) is 17.7 Å². The summed E-state index contributed by atoms with van der Waals surface area (Å²) in [5.41, 5.74) is 7.10. The van der Waals surface area contributed by atoms with E-state index in [0.717, 1.165) is 5.56 Å². The fraction of sp³-hybridized carbons (Fsp3) is 0.222. The normalized spacial score (nSPS) is 10.7. The molecule has 78 valence electrons. The minimum Gasteiger partial charge on any atom is -0.423 e. The third-order valence-corrected chi connectivity index (χ3v) is 2.16. The highest BCUT2D eigenvalue weighted by Crippen LogP contribution is 2.26. The van der Waals surface area contributed by atoms with Crippen molar-refractivity contribution in [1.29, 1.82) is 0 Å². The van der Waals surface area contributed by atoms with Crippen LogP contribution >= 0.6 is 0 Å². The van der Waals surface area contributed by atoms with E-state index in [9.17, 15) is 10.1 Å². The molecule has 0 atom stereocenters. The van der Waals surface area contributed by atoms with Crippen molar-refractivity contribution in [3.05, 3.63) is 27.8 Å². The molecule has 15 heavy (non-hydrogen) atoms. The fourth-order valence-electron chi connectivity index (χ4n) is 1.47. The highest BCUT2D eigenvalue weighted by Gasteiger charge is 2.14. The maximum Gasteiger partial charge on any atom is 0.293 e. The Bertz CT molecular complexity index is 533. The molecule has 2 N–H and O–H groups in total. The number of nitro groups is 1. The number of nitro benzene ring substituents is 1. The second kappa shape index (κ2) is 3.23. The van der Waals surface area contributed by atoms with Gasteiger partial charge in [-0.3, -0.25) is 10.1 Å². The zero-order chi connectivity index (χ0) is 11.0. The van der Waals surface area contributed by atoms with Crippen LogP contribution in [0.5, 0.6) is 0 Å². The fourth-order valence-corrected chi connectivity index (χ4v) is 1.47. The van der Waals surface area contributed by atoms with Crippen LogP contribution in [-0.4, -0.2) is 9.91 Å². The van der Waals surface area contributed by atoms with Gasteiger partial charge >= 0.3 is 0 Å². The second-order valence-corrected chi connectivity index (χ2v) is 3.12. The molecule has 0 spiro atoms. The SMILES string of the molecule is CCc1cc([N+](=O)[O-])cc2nc(N)oc12. The van der Waals surface area contributed by atoms with Gasteiger partial charge in [0.15, 0.2) is 5.58 Å². The Morgan fingerprint density at radius 1 is 1.60 bits per heavy atom. The first-order valence-electron chi connectivity index (χ1n) is 4.45. The number of nitrogens with zero attached hydrogens (tertiary/aromatic N) is 2. The Kier molecular flexibility index (Phi) is 2.03. The highest BCUT2D eigenvalue weighted by molar-refractivity contribution is 5.80. The third-order valence-electron chi connectivity index (χ3n) is 2.16. The van der Waals surface area contributed by atoms with E-state index < -0.39 is 4.92 Å². The van der Waals surface area contributed by atoms with Crippen LogP contribution in [0, 0.1) is 10.1 Å². The Hall–Kier alpha value is -2.11.